The van der Waals surface area contributed by atoms with Gasteiger partial charge >= 0.3 is 0 Å². The molecule has 1 amide bonds. The normalized spacial score (nSPS) is 12.4. The number of non-ortho nitro benzene ring substituents is 1. The molecular weight excluding hydrogens is 312 g/mol. The first kappa shape index (κ1) is 15.5. The van der Waals surface area contributed by atoms with E-state index in [1.54, 1.807) is 37.3 Å². The summed E-state index contributed by atoms with van der Waals surface area (Å²) in [5.74, 6) is 0.923. The van der Waals surface area contributed by atoms with Gasteiger partial charge in [0.15, 0.2) is 11.5 Å². The Morgan fingerprint density at radius 3 is 2.79 bits per heavy atom. The Kier molecular flexibility index (Phi) is 4.15. The van der Waals surface area contributed by atoms with Crippen molar-refractivity contribution in [1.82, 2.24) is 0 Å². The van der Waals surface area contributed by atoms with Gasteiger partial charge in [-0.3, -0.25) is 14.9 Å². The molecule has 2 aromatic carbocycles. The monoisotopic (exact) mass is 326 g/mol. The summed E-state index contributed by atoms with van der Waals surface area (Å²) in [6.45, 7) is 1.95. The zero-order valence-electron chi connectivity index (χ0n) is 12.8. The smallest absolute Gasteiger partial charge is 0.271 e. The van der Waals surface area contributed by atoms with Gasteiger partial charge in [0.05, 0.1) is 10.6 Å². The Morgan fingerprint density at radius 1 is 1.21 bits per heavy atom. The van der Waals surface area contributed by atoms with Crippen molar-refractivity contribution in [2.75, 3.05) is 12.1 Å². The minimum atomic E-state index is -0.502. The molecule has 7 heteroatoms. The lowest BCUT2D eigenvalue weighted by Crippen LogP contribution is -2.09. The number of rotatable bonds is 4. The second-order valence-electron chi connectivity index (χ2n) is 5.19. The molecule has 0 spiro atoms. The maximum absolute atomic E-state index is 12.0. The van der Waals surface area contributed by atoms with Gasteiger partial charge in [0, 0.05) is 18.2 Å². The second kappa shape index (κ2) is 6.41. The lowest BCUT2D eigenvalue weighted by atomic mass is 10.1. The van der Waals surface area contributed by atoms with E-state index in [0.717, 1.165) is 11.1 Å². The number of anilines is 1. The summed E-state index contributed by atoms with van der Waals surface area (Å²) in [4.78, 5) is 22.3. The fraction of sp³-hybridized carbons (Fsp3) is 0.118. The number of fused-ring (bicyclic) bond motifs is 1. The van der Waals surface area contributed by atoms with Crippen LogP contribution in [0.2, 0.25) is 0 Å². The van der Waals surface area contributed by atoms with Crippen molar-refractivity contribution in [3.63, 3.8) is 0 Å². The zero-order valence-corrected chi connectivity index (χ0v) is 12.8. The number of benzene rings is 2. The van der Waals surface area contributed by atoms with Crippen molar-refractivity contribution in [1.29, 1.82) is 0 Å². The van der Waals surface area contributed by atoms with Crippen LogP contribution >= 0.6 is 0 Å². The number of carbonyl (C=O) groups is 1. The number of nitro groups is 1. The quantitative estimate of drug-likeness (QED) is 0.529. The summed E-state index contributed by atoms with van der Waals surface area (Å²) >= 11 is 0. The van der Waals surface area contributed by atoms with E-state index in [1.807, 2.05) is 0 Å². The van der Waals surface area contributed by atoms with E-state index in [2.05, 4.69) is 5.32 Å². The Morgan fingerprint density at radius 2 is 2.00 bits per heavy atom. The first-order chi connectivity index (χ1) is 11.5. The lowest BCUT2D eigenvalue weighted by molar-refractivity contribution is -0.384. The lowest BCUT2D eigenvalue weighted by Gasteiger charge is -2.06. The highest BCUT2D eigenvalue weighted by Crippen LogP contribution is 2.32. The molecule has 0 unspecified atom stereocenters. The minimum absolute atomic E-state index is 0.0735. The molecule has 1 aliphatic rings. The number of amides is 1. The molecule has 0 atom stereocenters. The average molecular weight is 326 g/mol. The van der Waals surface area contributed by atoms with Gasteiger partial charge in [-0.1, -0.05) is 12.1 Å². The maximum Gasteiger partial charge on any atom is 0.271 e. The first-order valence-electron chi connectivity index (χ1n) is 7.17. The van der Waals surface area contributed by atoms with E-state index in [1.165, 1.54) is 18.2 Å². The van der Waals surface area contributed by atoms with Gasteiger partial charge in [-0.05, 0) is 36.3 Å². The molecule has 122 valence electrons. The molecule has 3 rings (SSSR count). The number of carbonyl (C=O) groups excluding carboxylic acids is 1. The van der Waals surface area contributed by atoms with Gasteiger partial charge in [0.25, 0.3) is 5.69 Å². The number of ether oxygens (including phenoxy) is 2. The molecule has 1 aliphatic heterocycles. The first-order valence-corrected chi connectivity index (χ1v) is 7.17. The third kappa shape index (κ3) is 3.35. The SMILES string of the molecule is Cc1ccc([N+](=O)[O-])cc1NC(=O)C=Cc1ccc2c(c1)OCO2. The topological polar surface area (TPSA) is 90.7 Å². The summed E-state index contributed by atoms with van der Waals surface area (Å²) in [7, 11) is 0. The van der Waals surface area contributed by atoms with Crippen LogP contribution < -0.4 is 14.8 Å². The van der Waals surface area contributed by atoms with E-state index >= 15 is 0 Å². The van der Waals surface area contributed by atoms with Crippen LogP contribution in [0.4, 0.5) is 11.4 Å². The Hall–Kier alpha value is -3.35. The van der Waals surface area contributed by atoms with Crippen molar-refractivity contribution in [3.05, 3.63) is 63.7 Å². The van der Waals surface area contributed by atoms with Gasteiger partial charge in [0.2, 0.25) is 12.7 Å². The van der Waals surface area contributed by atoms with Crippen molar-refractivity contribution < 1.29 is 19.2 Å². The molecule has 24 heavy (non-hydrogen) atoms. The summed E-state index contributed by atoms with van der Waals surface area (Å²) in [6.07, 6.45) is 2.99. The van der Waals surface area contributed by atoms with E-state index < -0.39 is 4.92 Å². The number of nitrogens with zero attached hydrogens (tertiary/aromatic N) is 1. The second-order valence-corrected chi connectivity index (χ2v) is 5.19. The molecule has 0 aromatic heterocycles. The summed E-state index contributed by atoms with van der Waals surface area (Å²) in [5.41, 5.74) is 1.86. The number of nitro benzene ring substituents is 1. The highest BCUT2D eigenvalue weighted by atomic mass is 16.7. The van der Waals surface area contributed by atoms with Crippen molar-refractivity contribution in [3.8, 4) is 11.5 Å². The summed E-state index contributed by atoms with van der Waals surface area (Å²) in [5, 5.41) is 13.5. The van der Waals surface area contributed by atoms with E-state index in [0.29, 0.717) is 17.2 Å². The van der Waals surface area contributed by atoms with Crippen molar-refractivity contribution >= 4 is 23.4 Å². The Bertz CT molecular complexity index is 845. The van der Waals surface area contributed by atoms with Crippen LogP contribution in [0.3, 0.4) is 0 Å². The molecule has 0 saturated heterocycles. The van der Waals surface area contributed by atoms with Gasteiger partial charge in [0.1, 0.15) is 0 Å². The molecular formula is C17H14N2O5. The van der Waals surface area contributed by atoms with Crippen LogP contribution in [0.15, 0.2) is 42.5 Å². The zero-order chi connectivity index (χ0) is 17.1. The third-order valence-electron chi connectivity index (χ3n) is 3.51. The van der Waals surface area contributed by atoms with Crippen LogP contribution in [-0.2, 0) is 4.79 Å². The number of hydrogen-bond donors (Lipinski definition) is 1. The van der Waals surface area contributed by atoms with Crippen LogP contribution in [0.25, 0.3) is 6.08 Å². The Balaban J connectivity index is 1.71. The molecule has 1 N–H and O–H groups in total. The fourth-order valence-corrected chi connectivity index (χ4v) is 2.22. The highest BCUT2D eigenvalue weighted by molar-refractivity contribution is 6.02. The van der Waals surface area contributed by atoms with Gasteiger partial charge < -0.3 is 14.8 Å². The molecule has 0 fully saturated rings. The average Bonchev–Trinajstić information content (AvgIpc) is 3.02. The predicted molar refractivity (Wildman–Crippen MR) is 88.1 cm³/mol. The van der Waals surface area contributed by atoms with Crippen molar-refractivity contribution in [2.45, 2.75) is 6.92 Å². The third-order valence-corrected chi connectivity index (χ3v) is 3.51. The van der Waals surface area contributed by atoms with Gasteiger partial charge in [-0.25, -0.2) is 0 Å². The van der Waals surface area contributed by atoms with Gasteiger partial charge in [-0.2, -0.15) is 0 Å². The molecule has 0 radical (unpaired) electrons. The standard InChI is InChI=1S/C17H14N2O5/c1-11-2-5-13(19(21)22)9-14(11)18-17(20)7-4-12-3-6-15-16(8-12)24-10-23-15/h2-9H,10H2,1H3,(H,18,20). The van der Waals surface area contributed by atoms with Crippen LogP contribution in [0.1, 0.15) is 11.1 Å². The largest absolute Gasteiger partial charge is 0.454 e. The molecule has 7 nitrogen and oxygen atoms in total. The van der Waals surface area contributed by atoms with E-state index in [4.69, 9.17) is 9.47 Å². The fourth-order valence-electron chi connectivity index (χ4n) is 2.22. The number of hydrogen-bond acceptors (Lipinski definition) is 5. The van der Waals surface area contributed by atoms with Crippen molar-refractivity contribution in [2.24, 2.45) is 0 Å². The summed E-state index contributed by atoms with van der Waals surface area (Å²) < 4.78 is 10.5. The van der Waals surface area contributed by atoms with E-state index in [-0.39, 0.29) is 18.4 Å². The predicted octanol–water partition coefficient (Wildman–Crippen LogP) is 3.28. The molecule has 0 saturated carbocycles. The maximum atomic E-state index is 12.0. The molecule has 2 aromatic rings. The molecule has 0 aliphatic carbocycles. The van der Waals surface area contributed by atoms with Crippen LogP contribution in [-0.4, -0.2) is 17.6 Å². The van der Waals surface area contributed by atoms with Gasteiger partial charge in [-0.15, -0.1) is 0 Å². The minimum Gasteiger partial charge on any atom is -0.454 e. The highest BCUT2D eigenvalue weighted by Gasteiger charge is 2.13. The number of aryl methyl sites for hydroxylation is 1. The van der Waals surface area contributed by atoms with E-state index in [9.17, 15) is 14.9 Å². The van der Waals surface area contributed by atoms with Crippen LogP contribution in [0.5, 0.6) is 11.5 Å². The van der Waals surface area contributed by atoms with Crippen LogP contribution in [0, 0.1) is 17.0 Å². The molecule has 1 heterocycles. The Labute approximate surface area is 137 Å². The number of nitrogens with one attached hydrogen (secondary N) is 1. The summed E-state index contributed by atoms with van der Waals surface area (Å²) in [6, 6.07) is 9.66. The molecule has 0 bridgehead atoms.